The second kappa shape index (κ2) is 2.36. The topological polar surface area (TPSA) is 38.9 Å². The van der Waals surface area contributed by atoms with Gasteiger partial charge in [0.2, 0.25) is 11.0 Å². The van der Waals surface area contributed by atoms with Crippen molar-refractivity contribution in [2.45, 2.75) is 0 Å². The Morgan fingerprint density at radius 3 is 2.91 bits per heavy atom. The molecule has 0 aliphatic heterocycles. The molecule has 2 rings (SSSR count). The van der Waals surface area contributed by atoms with Gasteiger partial charge in [-0.1, -0.05) is 11.6 Å². The van der Waals surface area contributed by atoms with Crippen LogP contribution in [0.25, 0.3) is 11.1 Å². The Morgan fingerprint density at radius 2 is 2.09 bits per heavy atom. The maximum atomic E-state index is 5.71. The first kappa shape index (κ1) is 6.88. The summed E-state index contributed by atoms with van der Waals surface area (Å²) in [6, 6.07) is 1.69. The maximum Gasteiger partial charge on any atom is 0.231 e. The summed E-state index contributed by atoms with van der Waals surface area (Å²) in [4.78, 5) is 7.53. The Bertz CT molecular complexity index is 398. The van der Waals surface area contributed by atoms with Gasteiger partial charge >= 0.3 is 0 Å². The molecule has 11 heavy (non-hydrogen) atoms. The van der Waals surface area contributed by atoms with E-state index in [9.17, 15) is 0 Å². The lowest BCUT2D eigenvalue weighted by Crippen LogP contribution is -1.82. The van der Waals surface area contributed by atoms with Gasteiger partial charge < -0.3 is 4.42 Å². The molecule has 2 aromatic heterocycles. The minimum Gasteiger partial charge on any atom is -0.446 e. The van der Waals surface area contributed by atoms with Crippen LogP contribution in [0.15, 0.2) is 16.7 Å². The molecule has 0 amide bonds. The van der Waals surface area contributed by atoms with Crippen LogP contribution < -0.4 is 0 Å². The number of aromatic nitrogens is 2. The number of rotatable bonds is 0. The predicted molar refractivity (Wildman–Crippen MR) is 41.8 cm³/mol. The Labute approximate surface area is 72.0 Å². The van der Waals surface area contributed by atoms with Crippen LogP contribution in [0.1, 0.15) is 0 Å². The third-order valence-electron chi connectivity index (χ3n) is 1.25. The van der Waals surface area contributed by atoms with Crippen LogP contribution in [-0.2, 0) is 0 Å². The summed E-state index contributed by atoms with van der Waals surface area (Å²) in [7, 11) is 0. The fourth-order valence-electron chi connectivity index (χ4n) is 0.795. The van der Waals surface area contributed by atoms with Crippen molar-refractivity contribution in [3.63, 3.8) is 0 Å². The van der Waals surface area contributed by atoms with E-state index < -0.39 is 0 Å². The van der Waals surface area contributed by atoms with E-state index in [1.165, 1.54) is 6.26 Å². The molecule has 0 N–H and O–H groups in total. The van der Waals surface area contributed by atoms with Crippen LogP contribution in [-0.4, -0.2) is 9.97 Å². The van der Waals surface area contributed by atoms with E-state index in [0.717, 1.165) is 0 Å². The maximum absolute atomic E-state index is 5.71. The first-order valence-electron chi connectivity index (χ1n) is 2.83. The van der Waals surface area contributed by atoms with E-state index >= 15 is 0 Å². The van der Waals surface area contributed by atoms with Gasteiger partial charge in [-0.05, 0) is 17.7 Å². The molecule has 0 aromatic carbocycles. The van der Waals surface area contributed by atoms with Crippen molar-refractivity contribution >= 4 is 34.3 Å². The lowest BCUT2D eigenvalue weighted by atomic mass is 10.4. The summed E-state index contributed by atoms with van der Waals surface area (Å²) in [6.45, 7) is 0. The fraction of sp³-hybridized carbons (Fsp3) is 0. The molecule has 5 heteroatoms. The van der Waals surface area contributed by atoms with E-state index in [4.69, 9.17) is 27.6 Å². The Hall–Kier alpha value is -0.800. The van der Waals surface area contributed by atoms with Gasteiger partial charge in [0.1, 0.15) is 5.15 Å². The normalized spacial score (nSPS) is 10.7. The minimum absolute atomic E-state index is 0.0949. The molecule has 0 saturated heterocycles. The molecule has 0 spiro atoms. The standard InChI is InChI=1S/C6H2Cl2N2O/c7-4-3-1-2-11-5(3)10-6(8)9-4/h1-2H. The van der Waals surface area contributed by atoms with Crippen molar-refractivity contribution in [1.82, 2.24) is 9.97 Å². The van der Waals surface area contributed by atoms with Gasteiger partial charge in [-0.25, -0.2) is 4.98 Å². The number of nitrogens with zero attached hydrogens (tertiary/aromatic N) is 2. The summed E-state index contributed by atoms with van der Waals surface area (Å²) < 4.78 is 4.96. The molecule has 0 bridgehead atoms. The summed E-state index contributed by atoms with van der Waals surface area (Å²) in [5, 5.41) is 1.09. The van der Waals surface area contributed by atoms with Gasteiger partial charge in [-0.2, -0.15) is 4.98 Å². The van der Waals surface area contributed by atoms with Crippen molar-refractivity contribution in [3.05, 3.63) is 22.8 Å². The number of hydrogen-bond acceptors (Lipinski definition) is 3. The van der Waals surface area contributed by atoms with Gasteiger partial charge in [-0.3, -0.25) is 0 Å². The third kappa shape index (κ3) is 1.06. The van der Waals surface area contributed by atoms with Crippen LogP contribution in [0, 0.1) is 0 Å². The largest absolute Gasteiger partial charge is 0.446 e. The van der Waals surface area contributed by atoms with Crippen LogP contribution in [0.3, 0.4) is 0 Å². The molecule has 2 aromatic rings. The molecule has 3 nitrogen and oxygen atoms in total. The zero-order valence-corrected chi connectivity index (χ0v) is 6.73. The molecule has 0 aliphatic rings. The highest BCUT2D eigenvalue weighted by Gasteiger charge is 2.05. The molecule has 0 fully saturated rings. The van der Waals surface area contributed by atoms with Crippen molar-refractivity contribution in [3.8, 4) is 0 Å². The Balaban J connectivity index is 2.91. The highest BCUT2D eigenvalue weighted by molar-refractivity contribution is 6.35. The van der Waals surface area contributed by atoms with Gasteiger partial charge in [0.15, 0.2) is 0 Å². The van der Waals surface area contributed by atoms with Crippen molar-refractivity contribution in [2.75, 3.05) is 0 Å². The fourth-order valence-corrected chi connectivity index (χ4v) is 1.22. The van der Waals surface area contributed by atoms with Crippen molar-refractivity contribution in [2.24, 2.45) is 0 Å². The van der Waals surface area contributed by atoms with Crippen LogP contribution in [0.2, 0.25) is 10.4 Å². The quantitative estimate of drug-likeness (QED) is 0.472. The molecule has 0 aliphatic carbocycles. The van der Waals surface area contributed by atoms with Crippen LogP contribution >= 0.6 is 23.2 Å². The van der Waals surface area contributed by atoms with Gasteiger partial charge in [-0.15, -0.1) is 0 Å². The molecule has 0 saturated carbocycles. The molecular formula is C6H2Cl2N2O. The Morgan fingerprint density at radius 1 is 1.27 bits per heavy atom. The molecule has 0 atom stereocenters. The predicted octanol–water partition coefficient (Wildman–Crippen LogP) is 2.53. The van der Waals surface area contributed by atoms with Gasteiger partial charge in [0.05, 0.1) is 11.6 Å². The number of hydrogen-bond donors (Lipinski definition) is 0. The molecule has 0 radical (unpaired) electrons. The first-order chi connectivity index (χ1) is 5.27. The zero-order chi connectivity index (χ0) is 7.84. The van der Waals surface area contributed by atoms with E-state index in [1.807, 2.05) is 0 Å². The van der Waals surface area contributed by atoms with Gasteiger partial charge in [0, 0.05) is 0 Å². The second-order valence-corrected chi connectivity index (χ2v) is 2.62. The summed E-state index contributed by atoms with van der Waals surface area (Å²) >= 11 is 11.2. The van der Waals surface area contributed by atoms with E-state index in [0.29, 0.717) is 16.3 Å². The van der Waals surface area contributed by atoms with Crippen molar-refractivity contribution in [1.29, 1.82) is 0 Å². The van der Waals surface area contributed by atoms with Gasteiger partial charge in [0.25, 0.3) is 0 Å². The lowest BCUT2D eigenvalue weighted by Gasteiger charge is -1.90. The zero-order valence-electron chi connectivity index (χ0n) is 5.21. The smallest absolute Gasteiger partial charge is 0.231 e. The molecule has 56 valence electrons. The van der Waals surface area contributed by atoms with E-state index in [2.05, 4.69) is 9.97 Å². The Kier molecular flexibility index (Phi) is 1.47. The summed E-state index contributed by atoms with van der Waals surface area (Å²) in [5.41, 5.74) is 0.412. The van der Waals surface area contributed by atoms with E-state index in [1.54, 1.807) is 6.07 Å². The second-order valence-electron chi connectivity index (χ2n) is 1.92. The highest BCUT2D eigenvalue weighted by Crippen LogP contribution is 2.22. The van der Waals surface area contributed by atoms with Crippen LogP contribution in [0.5, 0.6) is 0 Å². The van der Waals surface area contributed by atoms with E-state index in [-0.39, 0.29) is 5.28 Å². The SMILES string of the molecule is Clc1nc(Cl)c2ccoc2n1. The number of furan rings is 1. The first-order valence-corrected chi connectivity index (χ1v) is 3.59. The van der Waals surface area contributed by atoms with Crippen molar-refractivity contribution < 1.29 is 4.42 Å². The monoisotopic (exact) mass is 188 g/mol. The molecule has 2 heterocycles. The highest BCUT2D eigenvalue weighted by atomic mass is 35.5. The minimum atomic E-state index is 0.0949. The number of fused-ring (bicyclic) bond motifs is 1. The summed E-state index contributed by atoms with van der Waals surface area (Å²) in [6.07, 6.45) is 1.49. The van der Waals surface area contributed by atoms with Crippen LogP contribution in [0.4, 0.5) is 0 Å². The average molecular weight is 189 g/mol. The molecular weight excluding hydrogens is 187 g/mol. The third-order valence-corrected chi connectivity index (χ3v) is 1.71. The summed E-state index contributed by atoms with van der Waals surface area (Å²) in [5.74, 6) is 0. The number of halogens is 2. The average Bonchev–Trinajstić information content (AvgIpc) is 2.34. The molecule has 0 unspecified atom stereocenters. The lowest BCUT2D eigenvalue weighted by molar-refractivity contribution is 0.602.